The van der Waals surface area contributed by atoms with E-state index in [0.717, 1.165) is 0 Å². The Labute approximate surface area is 64.1 Å². The van der Waals surface area contributed by atoms with E-state index in [9.17, 15) is 4.79 Å². The van der Waals surface area contributed by atoms with Gasteiger partial charge >= 0.3 is 6.16 Å². The second-order valence-corrected chi connectivity index (χ2v) is 3.39. The summed E-state index contributed by atoms with van der Waals surface area (Å²) in [7, 11) is 0. The van der Waals surface area contributed by atoms with Crippen molar-refractivity contribution in [3.8, 4) is 0 Å². The van der Waals surface area contributed by atoms with Crippen LogP contribution in [0.1, 0.15) is 12.8 Å². The third-order valence-corrected chi connectivity index (χ3v) is 2.33. The average molecular weight is 158 g/mol. The molecule has 11 heavy (non-hydrogen) atoms. The van der Waals surface area contributed by atoms with E-state index in [1.54, 1.807) is 0 Å². The summed E-state index contributed by atoms with van der Waals surface area (Å²) in [6.45, 7) is 0.811. The van der Waals surface area contributed by atoms with Crippen LogP contribution in [0.3, 0.4) is 0 Å². The van der Waals surface area contributed by atoms with Crippen LogP contribution in [0.4, 0.5) is 4.79 Å². The Balaban J connectivity index is 1.93. The maximum absolute atomic E-state index is 10.5. The van der Waals surface area contributed by atoms with E-state index in [1.165, 1.54) is 0 Å². The average Bonchev–Trinajstić information content (AvgIpc) is 1.92. The SMILES string of the molecule is O=C1OCC2(CO1)CC(O)C2. The monoisotopic (exact) mass is 158 g/mol. The molecule has 1 aliphatic heterocycles. The van der Waals surface area contributed by atoms with Gasteiger partial charge in [0.05, 0.1) is 6.10 Å². The van der Waals surface area contributed by atoms with Crippen molar-refractivity contribution in [1.29, 1.82) is 0 Å². The highest BCUT2D eigenvalue weighted by molar-refractivity contribution is 5.60. The quantitative estimate of drug-likeness (QED) is 0.515. The van der Waals surface area contributed by atoms with Crippen molar-refractivity contribution < 1.29 is 19.4 Å². The fraction of sp³-hybridized carbons (Fsp3) is 0.857. The van der Waals surface area contributed by atoms with Gasteiger partial charge in [-0.2, -0.15) is 0 Å². The van der Waals surface area contributed by atoms with Crippen molar-refractivity contribution in [2.45, 2.75) is 18.9 Å². The molecule has 0 bridgehead atoms. The Morgan fingerprint density at radius 3 is 2.36 bits per heavy atom. The van der Waals surface area contributed by atoms with Crippen molar-refractivity contribution >= 4 is 6.16 Å². The molecule has 0 aromatic carbocycles. The number of aliphatic hydroxyl groups excluding tert-OH is 1. The zero-order valence-electron chi connectivity index (χ0n) is 6.08. The first kappa shape index (κ1) is 6.91. The molecular weight excluding hydrogens is 148 g/mol. The number of ether oxygens (including phenoxy) is 2. The van der Waals surface area contributed by atoms with E-state index >= 15 is 0 Å². The minimum Gasteiger partial charge on any atom is -0.434 e. The van der Waals surface area contributed by atoms with E-state index in [-0.39, 0.29) is 11.5 Å². The molecular formula is C7H10O4. The molecule has 0 atom stereocenters. The molecule has 1 N–H and O–H groups in total. The summed E-state index contributed by atoms with van der Waals surface area (Å²) in [5.41, 5.74) is -0.0622. The maximum atomic E-state index is 10.5. The molecule has 0 aromatic rings. The number of carbonyl (C=O) groups is 1. The Hall–Kier alpha value is -0.770. The van der Waals surface area contributed by atoms with E-state index < -0.39 is 6.16 Å². The third kappa shape index (κ3) is 1.07. The lowest BCUT2D eigenvalue weighted by atomic mass is 9.68. The molecule has 2 fully saturated rings. The van der Waals surface area contributed by atoms with Crippen LogP contribution in [-0.2, 0) is 9.47 Å². The summed E-state index contributed by atoms with van der Waals surface area (Å²) in [6.07, 6.45) is 0.577. The van der Waals surface area contributed by atoms with Gasteiger partial charge in [-0.25, -0.2) is 4.79 Å². The van der Waals surface area contributed by atoms with Crippen LogP contribution in [0.25, 0.3) is 0 Å². The van der Waals surface area contributed by atoms with Crippen LogP contribution < -0.4 is 0 Å². The lowest BCUT2D eigenvalue weighted by Gasteiger charge is -2.45. The largest absolute Gasteiger partial charge is 0.508 e. The van der Waals surface area contributed by atoms with Gasteiger partial charge in [0.2, 0.25) is 0 Å². The second kappa shape index (κ2) is 2.11. The lowest BCUT2D eigenvalue weighted by Crippen LogP contribution is -2.51. The summed E-state index contributed by atoms with van der Waals surface area (Å²) >= 11 is 0. The van der Waals surface area contributed by atoms with Gasteiger partial charge in [0.15, 0.2) is 0 Å². The highest BCUT2D eigenvalue weighted by atomic mass is 16.7. The molecule has 1 saturated carbocycles. The van der Waals surface area contributed by atoms with Gasteiger partial charge in [0, 0.05) is 5.41 Å². The van der Waals surface area contributed by atoms with Gasteiger partial charge < -0.3 is 14.6 Å². The third-order valence-electron chi connectivity index (χ3n) is 2.33. The normalized spacial score (nSPS) is 29.0. The Kier molecular flexibility index (Phi) is 1.32. The predicted octanol–water partition coefficient (Wildman–Crippen LogP) is 0.294. The van der Waals surface area contributed by atoms with E-state index in [2.05, 4.69) is 0 Å². The zero-order chi connectivity index (χ0) is 7.90. The first-order valence-electron chi connectivity index (χ1n) is 3.68. The second-order valence-electron chi connectivity index (χ2n) is 3.39. The molecule has 0 amide bonds. The number of carbonyl (C=O) groups excluding carboxylic acids is 1. The first-order chi connectivity index (χ1) is 5.20. The van der Waals surface area contributed by atoms with Crippen molar-refractivity contribution in [2.24, 2.45) is 5.41 Å². The van der Waals surface area contributed by atoms with Crippen molar-refractivity contribution in [3.05, 3.63) is 0 Å². The fourth-order valence-electron chi connectivity index (χ4n) is 1.68. The highest BCUT2D eigenvalue weighted by Crippen LogP contribution is 2.43. The molecule has 0 unspecified atom stereocenters. The van der Waals surface area contributed by atoms with Crippen LogP contribution in [0.15, 0.2) is 0 Å². The van der Waals surface area contributed by atoms with Gasteiger partial charge in [0.1, 0.15) is 13.2 Å². The smallest absolute Gasteiger partial charge is 0.434 e. The van der Waals surface area contributed by atoms with Gasteiger partial charge in [0.25, 0.3) is 0 Å². The molecule has 0 aromatic heterocycles. The van der Waals surface area contributed by atoms with E-state index in [0.29, 0.717) is 26.1 Å². The minimum absolute atomic E-state index is 0.0622. The van der Waals surface area contributed by atoms with Crippen LogP contribution in [0.2, 0.25) is 0 Å². The van der Waals surface area contributed by atoms with E-state index in [4.69, 9.17) is 14.6 Å². The lowest BCUT2D eigenvalue weighted by molar-refractivity contribution is -0.139. The summed E-state index contributed by atoms with van der Waals surface area (Å²) in [4.78, 5) is 10.5. The first-order valence-corrected chi connectivity index (χ1v) is 3.68. The van der Waals surface area contributed by atoms with Crippen LogP contribution >= 0.6 is 0 Å². The predicted molar refractivity (Wildman–Crippen MR) is 35.0 cm³/mol. The number of cyclic esters (lactones) is 2. The van der Waals surface area contributed by atoms with Crippen molar-refractivity contribution in [1.82, 2.24) is 0 Å². The molecule has 4 nitrogen and oxygen atoms in total. The maximum Gasteiger partial charge on any atom is 0.508 e. The number of hydrogen-bond acceptors (Lipinski definition) is 4. The van der Waals surface area contributed by atoms with Gasteiger partial charge in [-0.05, 0) is 12.8 Å². The summed E-state index contributed by atoms with van der Waals surface area (Å²) in [5.74, 6) is 0. The molecule has 62 valence electrons. The summed E-state index contributed by atoms with van der Waals surface area (Å²) < 4.78 is 9.42. The Bertz CT molecular complexity index is 171. The van der Waals surface area contributed by atoms with Crippen LogP contribution in [-0.4, -0.2) is 30.6 Å². The van der Waals surface area contributed by atoms with Gasteiger partial charge in [-0.3, -0.25) is 0 Å². The molecule has 1 saturated heterocycles. The standard InChI is InChI=1S/C7H10O4/c8-5-1-7(2-5)3-10-6(9)11-4-7/h5,8H,1-4H2. The van der Waals surface area contributed by atoms with Gasteiger partial charge in [-0.15, -0.1) is 0 Å². The molecule has 4 heteroatoms. The highest BCUT2D eigenvalue weighted by Gasteiger charge is 2.48. The molecule has 2 aliphatic rings. The number of aliphatic hydroxyl groups is 1. The molecule has 1 heterocycles. The molecule has 2 rings (SSSR count). The fourth-order valence-corrected chi connectivity index (χ4v) is 1.68. The number of hydrogen-bond donors (Lipinski definition) is 1. The van der Waals surface area contributed by atoms with Crippen molar-refractivity contribution in [2.75, 3.05) is 13.2 Å². The Morgan fingerprint density at radius 2 is 1.91 bits per heavy atom. The Morgan fingerprint density at radius 1 is 1.36 bits per heavy atom. The molecule has 1 aliphatic carbocycles. The van der Waals surface area contributed by atoms with Crippen LogP contribution in [0, 0.1) is 5.41 Å². The van der Waals surface area contributed by atoms with Gasteiger partial charge in [-0.1, -0.05) is 0 Å². The van der Waals surface area contributed by atoms with Crippen LogP contribution in [0.5, 0.6) is 0 Å². The zero-order valence-corrected chi connectivity index (χ0v) is 6.08. The molecule has 1 spiro atoms. The summed E-state index contributed by atoms with van der Waals surface area (Å²) in [6, 6.07) is 0. The topological polar surface area (TPSA) is 55.8 Å². The summed E-state index contributed by atoms with van der Waals surface area (Å²) in [5, 5.41) is 9.04. The van der Waals surface area contributed by atoms with Crippen molar-refractivity contribution in [3.63, 3.8) is 0 Å². The number of rotatable bonds is 0. The minimum atomic E-state index is -0.586. The molecule has 0 radical (unpaired) electrons. The van der Waals surface area contributed by atoms with E-state index in [1.807, 2.05) is 0 Å².